The first kappa shape index (κ1) is 32.4. The third-order valence-corrected chi connectivity index (χ3v) is 1.02. The Labute approximate surface area is 175 Å². The molecule has 0 radical (unpaired) electrons. The molecule has 18 heteroatoms. The van der Waals surface area contributed by atoms with Gasteiger partial charge in [-0.2, -0.15) is 0 Å². The van der Waals surface area contributed by atoms with Gasteiger partial charge in [0, 0.05) is 0 Å². The Balaban J connectivity index is -0.000000122. The summed E-state index contributed by atoms with van der Waals surface area (Å²) in [5.74, 6) is -0.879. The Morgan fingerprint density at radius 1 is 0.640 bits per heavy atom. The van der Waals surface area contributed by atoms with E-state index in [9.17, 15) is 56.6 Å². The molecule has 144 valence electrons. The molecule has 0 unspecified atom stereocenters. The fourth-order valence-electron chi connectivity index (χ4n) is 0.581. The Hall–Kier alpha value is -0.319. The Bertz CT molecular complexity index is 402. The van der Waals surface area contributed by atoms with Gasteiger partial charge in [0.15, 0.2) is 0 Å². The van der Waals surface area contributed by atoms with Gasteiger partial charge in [-0.15, -0.1) is 0 Å². The van der Waals surface area contributed by atoms with Crippen LogP contribution in [0.15, 0.2) is 30.3 Å². The van der Waals surface area contributed by atoms with Crippen molar-refractivity contribution in [3.05, 3.63) is 35.9 Å². The van der Waals surface area contributed by atoms with E-state index in [0.717, 1.165) is 0 Å². The zero-order valence-corrected chi connectivity index (χ0v) is 11.0. The van der Waals surface area contributed by atoms with Gasteiger partial charge in [-0.25, -0.2) is 4.79 Å². The van der Waals surface area contributed by atoms with E-state index >= 15 is 0 Å². The maximum atomic E-state index is 10.2. The Kier molecular flexibility index (Phi) is 19.2. The molecule has 0 bridgehead atoms. The van der Waals surface area contributed by atoms with Gasteiger partial charge in [0.1, 0.15) is 0 Å². The van der Waals surface area contributed by atoms with Crippen LogP contribution in [0.25, 0.3) is 0 Å². The molecule has 0 aliphatic carbocycles. The molecule has 1 aromatic carbocycles. The number of carbonyl (C=O) groups is 1. The van der Waals surface area contributed by atoms with Crippen molar-refractivity contribution < 1.29 is 61.7 Å². The van der Waals surface area contributed by atoms with Crippen LogP contribution in [-0.2, 0) is 0 Å². The van der Waals surface area contributed by atoms with Gasteiger partial charge in [0.2, 0.25) is 0 Å². The van der Waals surface area contributed by atoms with Crippen LogP contribution in [0.1, 0.15) is 10.4 Å². The van der Waals surface area contributed by atoms with Gasteiger partial charge in [-0.3, -0.25) is 0 Å². The Morgan fingerprint density at radius 2 is 0.840 bits per heavy atom. The predicted octanol–water partition coefficient (Wildman–Crippen LogP) is 4.64. The van der Waals surface area contributed by atoms with Gasteiger partial charge in [0.05, 0.1) is 5.56 Å². The molecular formula is C7H7B3F12KO2-3. The van der Waals surface area contributed by atoms with E-state index in [-0.39, 0.29) is 51.4 Å². The van der Waals surface area contributed by atoms with Crippen molar-refractivity contribution in [3.8, 4) is 0 Å². The summed E-state index contributed by atoms with van der Waals surface area (Å²) < 4.78 is 117. The van der Waals surface area contributed by atoms with Gasteiger partial charge in [-0.05, 0) is 12.1 Å². The molecule has 0 saturated heterocycles. The fourth-order valence-corrected chi connectivity index (χ4v) is 0.581. The van der Waals surface area contributed by atoms with Gasteiger partial charge in [0.25, 0.3) is 0 Å². The van der Waals surface area contributed by atoms with Crippen LogP contribution in [0.2, 0.25) is 0 Å². The first-order valence-electron chi connectivity index (χ1n) is 5.21. The monoisotopic (exact) mass is 423 g/mol. The molecule has 1 N–H and O–H groups in total. The number of hydrogen-bond acceptors (Lipinski definition) is 1. The molecule has 0 atom stereocenters. The number of carboxylic acids is 1. The second kappa shape index (κ2) is 14.8. The summed E-state index contributed by atoms with van der Waals surface area (Å²) in [6, 6.07) is 8.30. The fraction of sp³-hybridized carbons (Fsp3) is 0. The van der Waals surface area contributed by atoms with Crippen molar-refractivity contribution in [2.45, 2.75) is 0 Å². The van der Waals surface area contributed by atoms with Crippen molar-refractivity contribution in [2.24, 2.45) is 0 Å². The third-order valence-electron chi connectivity index (χ3n) is 1.02. The molecule has 0 amide bonds. The molecule has 2 nitrogen and oxygen atoms in total. The van der Waals surface area contributed by atoms with E-state index in [4.69, 9.17) is 5.11 Å². The van der Waals surface area contributed by atoms with E-state index in [2.05, 4.69) is 0 Å². The van der Waals surface area contributed by atoms with E-state index in [1.807, 2.05) is 0 Å². The number of halogens is 12. The van der Waals surface area contributed by atoms with Gasteiger partial charge in [-0.1, -0.05) is 18.2 Å². The second-order valence-corrected chi connectivity index (χ2v) is 3.16. The molecule has 0 aromatic heterocycles. The van der Waals surface area contributed by atoms with Gasteiger partial charge >= 0.3 is 79.1 Å². The summed E-state index contributed by atoms with van der Waals surface area (Å²) in [5.41, 5.74) is 0.331. The standard InChI is InChI=1S/C7H6O2.3BF4.K.H/c8-7(9)6-4-2-1-3-5-6;3*2-1(3,4)5;;/h1-5H,(H,8,9);;;;;/q;3*-1;;. The maximum absolute atomic E-state index is 10.2. The van der Waals surface area contributed by atoms with Crippen molar-refractivity contribution >= 4 is 79.1 Å². The van der Waals surface area contributed by atoms with Crippen LogP contribution in [0.5, 0.6) is 0 Å². The molecule has 0 aliphatic rings. The molecule has 0 heterocycles. The van der Waals surface area contributed by atoms with Crippen molar-refractivity contribution in [3.63, 3.8) is 0 Å². The number of hydrogen-bond donors (Lipinski definition) is 1. The molecule has 0 fully saturated rings. The average molecular weight is 423 g/mol. The minimum absolute atomic E-state index is 0. The number of aromatic carboxylic acids is 1. The molecule has 0 saturated carbocycles. The van der Waals surface area contributed by atoms with E-state index in [0.29, 0.717) is 5.56 Å². The molecule has 0 aliphatic heterocycles. The van der Waals surface area contributed by atoms with E-state index in [1.165, 1.54) is 0 Å². The van der Waals surface area contributed by atoms with Crippen LogP contribution in [0.3, 0.4) is 0 Å². The zero-order chi connectivity index (χ0) is 20.2. The summed E-state index contributed by atoms with van der Waals surface area (Å²) in [6.07, 6.45) is 0. The molecular weight excluding hydrogens is 416 g/mol. The number of rotatable bonds is 1. The minimum atomic E-state index is -6.00. The zero-order valence-electron chi connectivity index (χ0n) is 11.0. The summed E-state index contributed by atoms with van der Waals surface area (Å²) >= 11 is 0. The van der Waals surface area contributed by atoms with E-state index < -0.39 is 27.7 Å². The predicted molar refractivity (Wildman–Crippen MR) is 71.1 cm³/mol. The molecule has 0 spiro atoms. The first-order chi connectivity index (χ1) is 10.3. The van der Waals surface area contributed by atoms with Crippen LogP contribution < -0.4 is 0 Å². The quantitative estimate of drug-likeness (QED) is 0.529. The normalized spacial score (nSPS) is 10.4. The van der Waals surface area contributed by atoms with Crippen LogP contribution in [0.4, 0.5) is 51.8 Å². The average Bonchev–Trinajstić information content (AvgIpc) is 2.23. The van der Waals surface area contributed by atoms with E-state index in [1.54, 1.807) is 30.3 Å². The second-order valence-electron chi connectivity index (χ2n) is 3.16. The summed E-state index contributed by atoms with van der Waals surface area (Å²) in [7, 11) is -18.0. The first-order valence-corrected chi connectivity index (χ1v) is 5.21. The van der Waals surface area contributed by atoms with Crippen LogP contribution in [-0.4, -0.2) is 84.2 Å². The van der Waals surface area contributed by atoms with Crippen LogP contribution in [0, 0.1) is 0 Å². The topological polar surface area (TPSA) is 37.3 Å². The summed E-state index contributed by atoms with van der Waals surface area (Å²) in [6.45, 7) is 0. The van der Waals surface area contributed by atoms with Crippen molar-refractivity contribution in [1.82, 2.24) is 0 Å². The number of benzene rings is 1. The molecule has 1 rings (SSSR count). The summed E-state index contributed by atoms with van der Waals surface area (Å²) in [4.78, 5) is 10.2. The third kappa shape index (κ3) is 81.6. The van der Waals surface area contributed by atoms with Crippen molar-refractivity contribution in [1.29, 1.82) is 0 Å². The van der Waals surface area contributed by atoms with Gasteiger partial charge < -0.3 is 56.9 Å². The number of carboxylic acid groups (broad SMARTS) is 1. The molecule has 25 heavy (non-hydrogen) atoms. The SMILES string of the molecule is F[B-](F)(F)F.F[B-](F)(F)F.F[B-](F)(F)F.O=C(O)c1ccccc1.[KH]. The Morgan fingerprint density at radius 3 is 0.960 bits per heavy atom. The summed E-state index contributed by atoms with van der Waals surface area (Å²) in [5, 5.41) is 8.38. The van der Waals surface area contributed by atoms with Crippen molar-refractivity contribution in [2.75, 3.05) is 0 Å². The van der Waals surface area contributed by atoms with Crippen LogP contribution >= 0.6 is 0 Å². The molecule has 1 aromatic rings.